The second-order valence-electron chi connectivity index (χ2n) is 8.13. The van der Waals surface area contributed by atoms with Crippen LogP contribution in [0, 0.1) is 24.6 Å². The van der Waals surface area contributed by atoms with Crippen molar-refractivity contribution in [2.75, 3.05) is 23.3 Å². The number of rotatable bonds is 3. The minimum Gasteiger partial charge on any atom is -0.356 e. The quantitative estimate of drug-likeness (QED) is 0.475. The topological polar surface area (TPSA) is 88.3 Å². The number of anilines is 2. The fraction of sp³-hybridized carbons (Fsp3) is 0.240. The van der Waals surface area contributed by atoms with Crippen LogP contribution in [0.4, 0.5) is 15.9 Å². The number of aromatic nitrogens is 5. The minimum atomic E-state index is -0.533. The third kappa shape index (κ3) is 4.43. The molecule has 1 aliphatic heterocycles. The lowest BCUT2D eigenvalue weighted by Gasteiger charge is -2.29. The number of carbonyl (C=O) groups excluding carboxylic acids is 1. The van der Waals surface area contributed by atoms with Gasteiger partial charge in [0.2, 0.25) is 5.82 Å². The molecule has 1 fully saturated rings. The van der Waals surface area contributed by atoms with Crippen LogP contribution in [0.5, 0.6) is 0 Å². The van der Waals surface area contributed by atoms with Crippen molar-refractivity contribution in [3.05, 3.63) is 77.1 Å². The summed E-state index contributed by atoms with van der Waals surface area (Å²) in [5.41, 5.74) is 2.49. The van der Waals surface area contributed by atoms with Crippen LogP contribution in [-0.2, 0) is 0 Å². The lowest BCUT2D eigenvalue weighted by molar-refractivity contribution is 0.102. The van der Waals surface area contributed by atoms with Gasteiger partial charge in [-0.2, -0.15) is 9.61 Å². The van der Waals surface area contributed by atoms with Crippen LogP contribution in [-0.4, -0.2) is 43.8 Å². The first kappa shape index (κ1) is 21.5. The number of nitrogens with one attached hydrogen (secondary N) is 1. The zero-order chi connectivity index (χ0) is 23.5. The second kappa shape index (κ2) is 9.27. The Bertz CT molecular complexity index is 1430. The highest BCUT2D eigenvalue weighted by Crippen LogP contribution is 2.24. The Labute approximate surface area is 195 Å². The van der Waals surface area contributed by atoms with Gasteiger partial charge in [0.15, 0.2) is 5.65 Å². The summed E-state index contributed by atoms with van der Waals surface area (Å²) in [6, 6.07) is 9.45. The number of piperidine rings is 1. The van der Waals surface area contributed by atoms with E-state index >= 15 is 0 Å². The zero-order valence-electron chi connectivity index (χ0n) is 18.6. The summed E-state index contributed by atoms with van der Waals surface area (Å²) in [7, 11) is 0. The fourth-order valence-electron chi connectivity index (χ4n) is 3.98. The largest absolute Gasteiger partial charge is 0.356 e. The lowest BCUT2D eigenvalue weighted by Crippen LogP contribution is -2.30. The van der Waals surface area contributed by atoms with E-state index in [0.717, 1.165) is 24.5 Å². The van der Waals surface area contributed by atoms with Gasteiger partial charge in [-0.3, -0.25) is 4.79 Å². The Balaban J connectivity index is 1.34. The van der Waals surface area contributed by atoms with Gasteiger partial charge in [0.1, 0.15) is 11.6 Å². The van der Waals surface area contributed by atoms with E-state index in [1.54, 1.807) is 24.5 Å². The summed E-state index contributed by atoms with van der Waals surface area (Å²) >= 11 is 0. The molecule has 0 saturated carbocycles. The van der Waals surface area contributed by atoms with E-state index in [1.165, 1.54) is 42.0 Å². The van der Waals surface area contributed by atoms with Crippen molar-refractivity contribution < 1.29 is 9.18 Å². The molecule has 0 aliphatic carbocycles. The van der Waals surface area contributed by atoms with Gasteiger partial charge in [-0.25, -0.2) is 9.37 Å². The first-order chi connectivity index (χ1) is 16.6. The van der Waals surface area contributed by atoms with Gasteiger partial charge < -0.3 is 10.2 Å². The van der Waals surface area contributed by atoms with Gasteiger partial charge in [0.05, 0.1) is 17.4 Å². The number of pyridine rings is 1. The molecule has 1 amide bonds. The molecule has 0 unspecified atom stereocenters. The predicted molar refractivity (Wildman–Crippen MR) is 126 cm³/mol. The summed E-state index contributed by atoms with van der Waals surface area (Å²) in [5, 5.41) is 14.9. The first-order valence-electron chi connectivity index (χ1n) is 11.1. The van der Waals surface area contributed by atoms with E-state index in [1.807, 2.05) is 13.0 Å². The molecular formula is C25H22FN7O. The molecule has 0 atom stereocenters. The summed E-state index contributed by atoms with van der Waals surface area (Å²) in [6.45, 7) is 3.99. The Kier molecular flexibility index (Phi) is 5.87. The normalized spacial score (nSPS) is 13.4. The number of nitrogens with zero attached hydrogens (tertiary/aromatic N) is 6. The van der Waals surface area contributed by atoms with E-state index in [4.69, 9.17) is 0 Å². The van der Waals surface area contributed by atoms with Crippen LogP contribution in [0.1, 0.15) is 46.6 Å². The van der Waals surface area contributed by atoms with E-state index in [2.05, 4.69) is 42.3 Å². The molecule has 4 heterocycles. The van der Waals surface area contributed by atoms with E-state index in [-0.39, 0.29) is 22.9 Å². The van der Waals surface area contributed by atoms with Crippen molar-refractivity contribution in [1.82, 2.24) is 24.8 Å². The van der Waals surface area contributed by atoms with Gasteiger partial charge >= 0.3 is 0 Å². The maximum absolute atomic E-state index is 14.4. The Hall–Kier alpha value is -4.32. The minimum absolute atomic E-state index is 0.0788. The SMILES string of the molecule is Cc1cc(NC(=O)c2ccc(F)c(C#Cc3nnc4cccnn34)c2)cnc1N1CCCCC1. The molecule has 34 heavy (non-hydrogen) atoms. The molecule has 1 N–H and O–H groups in total. The maximum Gasteiger partial charge on any atom is 0.255 e. The van der Waals surface area contributed by atoms with Crippen LogP contribution >= 0.6 is 0 Å². The zero-order valence-corrected chi connectivity index (χ0v) is 18.6. The number of hydrogen-bond acceptors (Lipinski definition) is 6. The summed E-state index contributed by atoms with van der Waals surface area (Å²) in [6.07, 6.45) is 6.82. The standard InChI is InChI=1S/C25H22FN7O/c1-17-14-20(16-27-24(17)32-12-3-2-4-13-32)29-25(34)19-7-9-21(26)18(15-19)8-10-23-31-30-22-6-5-11-28-33(22)23/h5-7,9,11,14-16H,2-4,12-13H2,1H3,(H,29,34). The van der Waals surface area contributed by atoms with Gasteiger partial charge in [0.25, 0.3) is 5.91 Å². The van der Waals surface area contributed by atoms with Crippen LogP contribution in [0.3, 0.4) is 0 Å². The lowest BCUT2D eigenvalue weighted by atomic mass is 10.1. The number of hydrogen-bond donors (Lipinski definition) is 1. The van der Waals surface area contributed by atoms with Crippen LogP contribution < -0.4 is 10.2 Å². The van der Waals surface area contributed by atoms with Crippen LogP contribution in [0.25, 0.3) is 5.65 Å². The van der Waals surface area contributed by atoms with Gasteiger partial charge in [-0.15, -0.1) is 10.2 Å². The van der Waals surface area contributed by atoms with Crippen molar-refractivity contribution in [2.24, 2.45) is 0 Å². The number of carbonyl (C=O) groups is 1. The Morgan fingerprint density at radius 3 is 2.76 bits per heavy atom. The van der Waals surface area contributed by atoms with E-state index in [9.17, 15) is 9.18 Å². The molecule has 1 aliphatic rings. The monoisotopic (exact) mass is 455 g/mol. The molecular weight excluding hydrogens is 433 g/mol. The average molecular weight is 455 g/mol. The maximum atomic E-state index is 14.4. The molecule has 0 bridgehead atoms. The molecule has 8 nitrogen and oxygen atoms in total. The number of amides is 1. The third-order valence-corrected chi connectivity index (χ3v) is 5.68. The summed E-state index contributed by atoms with van der Waals surface area (Å²) in [5.74, 6) is 5.83. The van der Waals surface area contributed by atoms with Gasteiger partial charge in [-0.05, 0) is 74.1 Å². The number of benzene rings is 1. The van der Waals surface area contributed by atoms with Crippen molar-refractivity contribution in [3.63, 3.8) is 0 Å². The summed E-state index contributed by atoms with van der Waals surface area (Å²) in [4.78, 5) is 19.7. The number of halogens is 1. The Morgan fingerprint density at radius 1 is 1.09 bits per heavy atom. The van der Waals surface area contributed by atoms with Gasteiger partial charge in [0, 0.05) is 24.8 Å². The number of aryl methyl sites for hydroxylation is 1. The molecule has 3 aromatic heterocycles. The first-order valence-corrected chi connectivity index (χ1v) is 11.1. The van der Waals surface area contributed by atoms with E-state index in [0.29, 0.717) is 11.3 Å². The molecule has 9 heteroatoms. The highest BCUT2D eigenvalue weighted by molar-refractivity contribution is 6.04. The molecule has 1 aromatic carbocycles. The summed E-state index contributed by atoms with van der Waals surface area (Å²) < 4.78 is 15.8. The smallest absolute Gasteiger partial charge is 0.255 e. The fourth-order valence-corrected chi connectivity index (χ4v) is 3.98. The van der Waals surface area contributed by atoms with Gasteiger partial charge in [-0.1, -0.05) is 5.92 Å². The highest BCUT2D eigenvalue weighted by Gasteiger charge is 2.16. The highest BCUT2D eigenvalue weighted by atomic mass is 19.1. The molecule has 4 aromatic rings. The van der Waals surface area contributed by atoms with Crippen molar-refractivity contribution in [3.8, 4) is 11.8 Å². The van der Waals surface area contributed by atoms with Crippen LogP contribution in [0.15, 0.2) is 48.8 Å². The molecule has 1 saturated heterocycles. The van der Waals surface area contributed by atoms with Crippen molar-refractivity contribution in [1.29, 1.82) is 0 Å². The molecule has 0 spiro atoms. The molecule has 170 valence electrons. The number of fused-ring (bicyclic) bond motifs is 1. The predicted octanol–water partition coefficient (Wildman–Crippen LogP) is 3.61. The van der Waals surface area contributed by atoms with Crippen molar-refractivity contribution in [2.45, 2.75) is 26.2 Å². The third-order valence-electron chi connectivity index (χ3n) is 5.68. The van der Waals surface area contributed by atoms with Crippen LogP contribution in [0.2, 0.25) is 0 Å². The Morgan fingerprint density at radius 2 is 1.94 bits per heavy atom. The molecule has 0 radical (unpaired) electrons. The van der Waals surface area contributed by atoms with E-state index < -0.39 is 5.82 Å². The average Bonchev–Trinajstić information content (AvgIpc) is 3.27. The second-order valence-corrected chi connectivity index (χ2v) is 8.13. The molecule has 5 rings (SSSR count). The van der Waals surface area contributed by atoms with Crippen molar-refractivity contribution >= 4 is 23.1 Å².